The van der Waals surface area contributed by atoms with Gasteiger partial charge in [-0.2, -0.15) is 0 Å². The number of aliphatic hydroxyl groups excluding tert-OH is 2. The van der Waals surface area contributed by atoms with Crippen LogP contribution in [0.1, 0.15) is 348 Å². The van der Waals surface area contributed by atoms with Gasteiger partial charge in [-0.3, -0.25) is 9.59 Å². The van der Waals surface area contributed by atoms with Crippen molar-refractivity contribution in [2.45, 2.75) is 360 Å². The summed E-state index contributed by atoms with van der Waals surface area (Å²) in [6.45, 7) is 4.88. The minimum absolute atomic E-state index is 0.00973. The van der Waals surface area contributed by atoms with E-state index in [-0.39, 0.29) is 18.5 Å². The molecule has 0 aliphatic heterocycles. The Kier molecular flexibility index (Phi) is 58.5. The van der Waals surface area contributed by atoms with E-state index in [0.717, 1.165) is 44.9 Å². The Morgan fingerprint density at radius 2 is 0.671 bits per heavy atom. The smallest absolute Gasteiger partial charge is 0.305 e. The van der Waals surface area contributed by atoms with Gasteiger partial charge in [0.2, 0.25) is 5.91 Å². The van der Waals surface area contributed by atoms with Crippen LogP contribution >= 0.6 is 0 Å². The van der Waals surface area contributed by atoms with E-state index in [1.54, 1.807) is 6.08 Å². The lowest BCUT2D eigenvalue weighted by atomic mass is 10.0. The maximum Gasteiger partial charge on any atom is 0.305 e. The van der Waals surface area contributed by atoms with E-state index in [9.17, 15) is 19.8 Å². The standard InChI is InChI=1S/C64H123NO5/c1-3-5-7-9-11-13-15-38-42-46-50-54-58-64(69)70-59-55-51-47-43-39-35-33-31-29-27-25-23-21-19-17-16-18-20-22-24-26-28-30-32-34-37-41-45-49-53-57-63(68)65-61(60-66)62(67)56-52-48-44-40-36-14-12-10-8-6-4-2/h11,13,52,56,61-62,66-67H,3-10,12,14-51,53-55,57-60H2,1-2H3,(H,65,68)/b13-11-,56-52+. The number of carbonyl (C=O) groups excluding carboxylic acids is 2. The predicted molar refractivity (Wildman–Crippen MR) is 306 cm³/mol. The van der Waals surface area contributed by atoms with Crippen LogP contribution in [0.3, 0.4) is 0 Å². The molecule has 0 spiro atoms. The highest BCUT2D eigenvalue weighted by Gasteiger charge is 2.18. The number of hydrogen-bond acceptors (Lipinski definition) is 5. The summed E-state index contributed by atoms with van der Waals surface area (Å²) in [4.78, 5) is 24.4. The Bertz CT molecular complexity index is 1090. The number of unbranched alkanes of at least 4 members (excludes halogenated alkanes) is 46. The lowest BCUT2D eigenvalue weighted by Crippen LogP contribution is -2.45. The zero-order chi connectivity index (χ0) is 50.7. The van der Waals surface area contributed by atoms with Gasteiger partial charge in [0.05, 0.1) is 25.4 Å². The molecule has 0 aromatic carbocycles. The summed E-state index contributed by atoms with van der Waals surface area (Å²) in [6, 6.07) is -0.623. The topological polar surface area (TPSA) is 95.9 Å². The zero-order valence-corrected chi connectivity index (χ0v) is 47.3. The van der Waals surface area contributed by atoms with Crippen molar-refractivity contribution in [1.82, 2.24) is 5.32 Å². The summed E-state index contributed by atoms with van der Waals surface area (Å²) in [6.07, 6.45) is 73.9. The number of aliphatic hydroxyl groups is 2. The van der Waals surface area contributed by atoms with Crippen LogP contribution in [0.15, 0.2) is 24.3 Å². The van der Waals surface area contributed by atoms with Gasteiger partial charge in [-0.05, 0) is 57.8 Å². The van der Waals surface area contributed by atoms with Crippen molar-refractivity contribution >= 4 is 11.9 Å². The fourth-order valence-corrected chi connectivity index (χ4v) is 9.87. The fourth-order valence-electron chi connectivity index (χ4n) is 9.87. The minimum Gasteiger partial charge on any atom is -0.466 e. The monoisotopic (exact) mass is 986 g/mol. The first kappa shape index (κ1) is 68.3. The molecule has 6 heteroatoms. The average Bonchev–Trinajstić information content (AvgIpc) is 3.36. The van der Waals surface area contributed by atoms with Crippen LogP contribution in [-0.4, -0.2) is 47.4 Å². The van der Waals surface area contributed by atoms with E-state index < -0.39 is 12.1 Å². The molecule has 2 atom stereocenters. The second-order valence-corrected chi connectivity index (χ2v) is 21.7. The molecule has 0 aromatic heterocycles. The molecule has 0 radical (unpaired) electrons. The van der Waals surface area contributed by atoms with E-state index in [0.29, 0.717) is 19.4 Å². The normalized spacial score (nSPS) is 12.7. The number of amides is 1. The third-order valence-electron chi connectivity index (χ3n) is 14.7. The second kappa shape index (κ2) is 59.9. The Morgan fingerprint density at radius 1 is 0.386 bits per heavy atom. The molecule has 0 saturated carbocycles. The quantitative estimate of drug-likeness (QED) is 0.0321. The molecule has 0 aliphatic carbocycles. The third kappa shape index (κ3) is 55.7. The number of esters is 1. The van der Waals surface area contributed by atoms with Gasteiger partial charge < -0.3 is 20.3 Å². The highest BCUT2D eigenvalue weighted by molar-refractivity contribution is 5.76. The molecule has 0 rings (SSSR count). The zero-order valence-electron chi connectivity index (χ0n) is 47.3. The SMILES string of the molecule is CCCCC/C=C\CCCCCCCC(=O)OCCCCCCCCCCCCCCCCCCCCCCCCCCCCCCCCC(=O)NC(CO)C(O)/C=C/CCCCCCCCCCC. The second-order valence-electron chi connectivity index (χ2n) is 21.7. The summed E-state index contributed by atoms with van der Waals surface area (Å²) in [5.74, 6) is -0.0545. The molecule has 0 heterocycles. The van der Waals surface area contributed by atoms with Crippen molar-refractivity contribution in [2.75, 3.05) is 13.2 Å². The van der Waals surface area contributed by atoms with E-state index in [1.807, 2.05) is 6.08 Å². The molecule has 414 valence electrons. The van der Waals surface area contributed by atoms with Gasteiger partial charge in [-0.15, -0.1) is 0 Å². The van der Waals surface area contributed by atoms with Crippen LogP contribution in [-0.2, 0) is 14.3 Å². The Labute approximate surface area is 437 Å². The third-order valence-corrected chi connectivity index (χ3v) is 14.7. The molecule has 0 aliphatic rings. The van der Waals surface area contributed by atoms with Gasteiger partial charge in [0.1, 0.15) is 0 Å². The first-order valence-electron chi connectivity index (χ1n) is 31.6. The molecule has 0 fully saturated rings. The minimum atomic E-state index is -0.839. The maximum atomic E-state index is 12.4. The Balaban J connectivity index is 3.32. The van der Waals surface area contributed by atoms with Crippen molar-refractivity contribution in [2.24, 2.45) is 0 Å². The molecular weight excluding hydrogens is 863 g/mol. The van der Waals surface area contributed by atoms with Gasteiger partial charge in [0, 0.05) is 12.8 Å². The average molecular weight is 987 g/mol. The number of carbonyl (C=O) groups is 2. The summed E-state index contributed by atoms with van der Waals surface area (Å²) in [7, 11) is 0. The first-order valence-corrected chi connectivity index (χ1v) is 31.6. The summed E-state index contributed by atoms with van der Waals surface area (Å²) in [5, 5.41) is 23.0. The molecule has 2 unspecified atom stereocenters. The van der Waals surface area contributed by atoms with Crippen LogP contribution in [0.5, 0.6) is 0 Å². The largest absolute Gasteiger partial charge is 0.466 e. The molecule has 70 heavy (non-hydrogen) atoms. The number of allylic oxidation sites excluding steroid dienone is 3. The van der Waals surface area contributed by atoms with Gasteiger partial charge in [-0.25, -0.2) is 0 Å². The molecule has 3 N–H and O–H groups in total. The van der Waals surface area contributed by atoms with E-state index in [4.69, 9.17) is 4.74 Å². The first-order chi connectivity index (χ1) is 34.5. The van der Waals surface area contributed by atoms with Crippen LogP contribution in [0, 0.1) is 0 Å². The van der Waals surface area contributed by atoms with Gasteiger partial charge >= 0.3 is 5.97 Å². The van der Waals surface area contributed by atoms with Crippen molar-refractivity contribution in [3.8, 4) is 0 Å². The van der Waals surface area contributed by atoms with Gasteiger partial charge in [0.25, 0.3) is 0 Å². The van der Waals surface area contributed by atoms with Gasteiger partial charge in [0.15, 0.2) is 0 Å². The summed E-state index contributed by atoms with van der Waals surface area (Å²) < 4.78 is 5.47. The van der Waals surface area contributed by atoms with Crippen molar-refractivity contribution in [3.05, 3.63) is 24.3 Å². The lowest BCUT2D eigenvalue weighted by Gasteiger charge is -2.20. The molecule has 0 saturated heterocycles. The van der Waals surface area contributed by atoms with Crippen LogP contribution in [0.2, 0.25) is 0 Å². The van der Waals surface area contributed by atoms with E-state index in [1.165, 1.54) is 276 Å². The van der Waals surface area contributed by atoms with E-state index >= 15 is 0 Å². The summed E-state index contributed by atoms with van der Waals surface area (Å²) >= 11 is 0. The number of hydrogen-bond donors (Lipinski definition) is 3. The molecule has 1 amide bonds. The van der Waals surface area contributed by atoms with Crippen molar-refractivity contribution < 1.29 is 24.5 Å². The number of ether oxygens (including phenoxy) is 1. The van der Waals surface area contributed by atoms with Gasteiger partial charge in [-0.1, -0.05) is 301 Å². The Morgan fingerprint density at radius 3 is 1.04 bits per heavy atom. The molecule has 0 bridgehead atoms. The summed E-state index contributed by atoms with van der Waals surface area (Å²) in [5.41, 5.74) is 0. The van der Waals surface area contributed by atoms with E-state index in [2.05, 4.69) is 31.3 Å². The van der Waals surface area contributed by atoms with Crippen LogP contribution in [0.4, 0.5) is 0 Å². The molecule has 0 aromatic rings. The Hall–Kier alpha value is -1.66. The lowest BCUT2D eigenvalue weighted by molar-refractivity contribution is -0.143. The maximum absolute atomic E-state index is 12.4. The predicted octanol–water partition coefficient (Wildman–Crippen LogP) is 19.8. The highest BCUT2D eigenvalue weighted by atomic mass is 16.5. The van der Waals surface area contributed by atoms with Crippen molar-refractivity contribution in [1.29, 1.82) is 0 Å². The van der Waals surface area contributed by atoms with Crippen molar-refractivity contribution in [3.63, 3.8) is 0 Å². The van der Waals surface area contributed by atoms with Crippen LogP contribution < -0.4 is 5.32 Å². The number of nitrogens with one attached hydrogen (secondary N) is 1. The molecule has 6 nitrogen and oxygen atoms in total. The highest BCUT2D eigenvalue weighted by Crippen LogP contribution is 2.18. The molecular formula is C64H123NO5. The number of rotatable bonds is 59. The van der Waals surface area contributed by atoms with Crippen LogP contribution in [0.25, 0.3) is 0 Å². The fraction of sp³-hybridized carbons (Fsp3) is 0.906.